The molecule has 0 unspecified atom stereocenters. The van der Waals surface area contributed by atoms with Crippen LogP contribution in [0.15, 0.2) is 36.4 Å². The molecule has 0 N–H and O–H groups in total. The number of benzene rings is 1. The van der Waals surface area contributed by atoms with E-state index in [-0.39, 0.29) is 5.97 Å². The number of unbranched alkanes of at least 4 members (excludes halogenated alkanes) is 4. The van der Waals surface area contributed by atoms with Crippen LogP contribution in [0.2, 0.25) is 0 Å². The molecule has 3 nitrogen and oxygen atoms in total. The molecule has 26 heavy (non-hydrogen) atoms. The summed E-state index contributed by atoms with van der Waals surface area (Å²) in [7, 11) is 0. The van der Waals surface area contributed by atoms with Crippen molar-refractivity contribution in [2.24, 2.45) is 0 Å². The van der Waals surface area contributed by atoms with E-state index in [1.54, 1.807) is 0 Å². The normalized spacial score (nSPS) is 11.3. The number of esters is 1. The lowest BCUT2D eigenvalue weighted by atomic mass is 10.1. The summed E-state index contributed by atoms with van der Waals surface area (Å²) in [4.78, 5) is 16.8. The number of nitrogens with zero attached hydrogens (tertiary/aromatic N) is 1. The average molecular weight is 354 g/mol. The van der Waals surface area contributed by atoms with Crippen LogP contribution in [0.3, 0.4) is 0 Å². The van der Waals surface area contributed by atoms with Crippen LogP contribution < -0.4 is 4.74 Å². The SMILES string of the molecule is CCCCCCC=CCc1nc2ccccc2c(OC(=O)CCC)c1C. The van der Waals surface area contributed by atoms with Crippen LogP contribution in [0.5, 0.6) is 5.75 Å². The van der Waals surface area contributed by atoms with Crippen molar-refractivity contribution in [2.45, 2.75) is 72.1 Å². The van der Waals surface area contributed by atoms with Crippen molar-refractivity contribution in [1.29, 1.82) is 0 Å². The molecule has 3 heteroatoms. The number of rotatable bonds is 10. The molecule has 1 heterocycles. The summed E-state index contributed by atoms with van der Waals surface area (Å²) in [6, 6.07) is 7.87. The number of para-hydroxylation sites is 1. The van der Waals surface area contributed by atoms with Crippen LogP contribution in [0, 0.1) is 6.92 Å². The van der Waals surface area contributed by atoms with Crippen molar-refractivity contribution in [3.8, 4) is 5.75 Å². The standard InChI is InChI=1S/C23H31NO2/c1-4-6-7-8-9-10-11-16-20-18(3)23(26-22(25)14-5-2)19-15-12-13-17-21(19)24-20/h10-13,15,17H,4-9,14,16H2,1-3H3. The largest absolute Gasteiger partial charge is 0.425 e. The van der Waals surface area contributed by atoms with E-state index in [0.29, 0.717) is 12.2 Å². The predicted molar refractivity (Wildman–Crippen MR) is 109 cm³/mol. The van der Waals surface area contributed by atoms with Gasteiger partial charge in [-0.15, -0.1) is 0 Å². The van der Waals surface area contributed by atoms with E-state index in [1.807, 2.05) is 38.1 Å². The summed E-state index contributed by atoms with van der Waals surface area (Å²) in [6.45, 7) is 6.21. The van der Waals surface area contributed by atoms with Gasteiger partial charge in [0, 0.05) is 23.8 Å². The molecular formula is C23H31NO2. The summed E-state index contributed by atoms with van der Waals surface area (Å²) >= 11 is 0. The highest BCUT2D eigenvalue weighted by molar-refractivity contribution is 5.89. The fourth-order valence-electron chi connectivity index (χ4n) is 3.03. The minimum atomic E-state index is -0.177. The van der Waals surface area contributed by atoms with Crippen LogP contribution in [-0.4, -0.2) is 11.0 Å². The van der Waals surface area contributed by atoms with Crippen molar-refractivity contribution < 1.29 is 9.53 Å². The van der Waals surface area contributed by atoms with E-state index >= 15 is 0 Å². The third kappa shape index (κ3) is 5.69. The first kappa shape index (κ1) is 20.2. The maximum absolute atomic E-state index is 12.0. The average Bonchev–Trinajstić information content (AvgIpc) is 2.64. The van der Waals surface area contributed by atoms with Crippen molar-refractivity contribution in [3.63, 3.8) is 0 Å². The lowest BCUT2D eigenvalue weighted by molar-refractivity contribution is -0.134. The molecule has 0 spiro atoms. The lowest BCUT2D eigenvalue weighted by Crippen LogP contribution is -2.10. The highest BCUT2D eigenvalue weighted by Gasteiger charge is 2.15. The molecule has 0 bridgehead atoms. The molecule has 140 valence electrons. The Hall–Kier alpha value is -2.16. The molecule has 0 amide bonds. The summed E-state index contributed by atoms with van der Waals surface area (Å²) in [5.74, 6) is 0.491. The van der Waals surface area contributed by atoms with Gasteiger partial charge in [0.25, 0.3) is 0 Å². The Labute approximate surface area is 157 Å². The van der Waals surface area contributed by atoms with Gasteiger partial charge in [0.15, 0.2) is 0 Å². The Morgan fingerprint density at radius 2 is 1.88 bits per heavy atom. The van der Waals surface area contributed by atoms with E-state index in [1.165, 1.54) is 25.7 Å². The van der Waals surface area contributed by atoms with Crippen LogP contribution in [0.25, 0.3) is 10.9 Å². The molecule has 2 rings (SSSR count). The van der Waals surface area contributed by atoms with Crippen molar-refractivity contribution >= 4 is 16.9 Å². The smallest absolute Gasteiger partial charge is 0.311 e. The fraction of sp³-hybridized carbons (Fsp3) is 0.478. The van der Waals surface area contributed by atoms with Crippen LogP contribution in [0.4, 0.5) is 0 Å². The molecule has 0 atom stereocenters. The van der Waals surface area contributed by atoms with Crippen molar-refractivity contribution in [1.82, 2.24) is 4.98 Å². The number of carbonyl (C=O) groups is 1. The molecule has 0 saturated heterocycles. The van der Waals surface area contributed by atoms with Gasteiger partial charge in [0.1, 0.15) is 5.75 Å². The zero-order chi connectivity index (χ0) is 18.8. The maximum Gasteiger partial charge on any atom is 0.311 e. The zero-order valence-corrected chi connectivity index (χ0v) is 16.4. The third-order valence-electron chi connectivity index (χ3n) is 4.55. The van der Waals surface area contributed by atoms with E-state index in [4.69, 9.17) is 9.72 Å². The number of carbonyl (C=O) groups excluding carboxylic acids is 1. The quantitative estimate of drug-likeness (QED) is 0.285. The molecule has 1 aromatic heterocycles. The summed E-state index contributed by atoms with van der Waals surface area (Å²) < 4.78 is 5.71. The van der Waals surface area contributed by atoms with Crippen molar-refractivity contribution in [2.75, 3.05) is 0 Å². The van der Waals surface area contributed by atoms with Gasteiger partial charge in [-0.05, 0) is 38.3 Å². The first-order chi connectivity index (χ1) is 12.7. The molecule has 0 saturated carbocycles. The first-order valence-electron chi connectivity index (χ1n) is 9.91. The molecule has 0 aliphatic heterocycles. The Kier molecular flexibility index (Phi) is 8.33. The van der Waals surface area contributed by atoms with Gasteiger partial charge < -0.3 is 4.74 Å². The Balaban J connectivity index is 2.17. The second-order valence-electron chi connectivity index (χ2n) is 6.78. The molecular weight excluding hydrogens is 322 g/mol. The number of hydrogen-bond donors (Lipinski definition) is 0. The number of hydrogen-bond acceptors (Lipinski definition) is 3. The van der Waals surface area contributed by atoms with Crippen LogP contribution in [0.1, 0.15) is 70.1 Å². The predicted octanol–water partition coefficient (Wildman–Crippen LogP) is 6.32. The van der Waals surface area contributed by atoms with Crippen molar-refractivity contribution in [3.05, 3.63) is 47.7 Å². The first-order valence-corrected chi connectivity index (χ1v) is 9.91. The van der Waals surface area contributed by atoms with Gasteiger partial charge in [0.2, 0.25) is 0 Å². The number of aromatic nitrogens is 1. The van der Waals surface area contributed by atoms with Crippen LogP contribution >= 0.6 is 0 Å². The number of fused-ring (bicyclic) bond motifs is 1. The van der Waals surface area contributed by atoms with Gasteiger partial charge >= 0.3 is 5.97 Å². The van der Waals surface area contributed by atoms with Gasteiger partial charge in [-0.3, -0.25) is 9.78 Å². The van der Waals surface area contributed by atoms with E-state index in [2.05, 4.69) is 19.1 Å². The number of allylic oxidation sites excluding steroid dienone is 2. The van der Waals surface area contributed by atoms with E-state index < -0.39 is 0 Å². The summed E-state index contributed by atoms with van der Waals surface area (Å²) in [5, 5.41) is 0.904. The monoisotopic (exact) mass is 353 g/mol. The van der Waals surface area contributed by atoms with Gasteiger partial charge in [-0.1, -0.05) is 57.4 Å². The third-order valence-corrected chi connectivity index (χ3v) is 4.55. The molecule has 1 aromatic carbocycles. The van der Waals surface area contributed by atoms with Gasteiger partial charge in [-0.2, -0.15) is 0 Å². The summed E-state index contributed by atoms with van der Waals surface area (Å²) in [6.07, 6.45) is 12.7. The van der Waals surface area contributed by atoms with E-state index in [0.717, 1.165) is 41.4 Å². The minimum Gasteiger partial charge on any atom is -0.425 e. The van der Waals surface area contributed by atoms with E-state index in [9.17, 15) is 4.79 Å². The number of ether oxygens (including phenoxy) is 1. The van der Waals surface area contributed by atoms with Crippen LogP contribution in [-0.2, 0) is 11.2 Å². The van der Waals surface area contributed by atoms with Gasteiger partial charge in [-0.25, -0.2) is 0 Å². The second kappa shape index (κ2) is 10.7. The summed E-state index contributed by atoms with van der Waals surface area (Å²) in [5.41, 5.74) is 2.82. The minimum absolute atomic E-state index is 0.177. The molecule has 0 fully saturated rings. The topological polar surface area (TPSA) is 39.2 Å². The zero-order valence-electron chi connectivity index (χ0n) is 16.4. The molecule has 0 radical (unpaired) electrons. The second-order valence-corrected chi connectivity index (χ2v) is 6.78. The molecule has 2 aromatic rings. The van der Waals surface area contributed by atoms with Gasteiger partial charge in [0.05, 0.1) is 11.2 Å². The Morgan fingerprint density at radius 3 is 2.65 bits per heavy atom. The lowest BCUT2D eigenvalue weighted by Gasteiger charge is -2.13. The maximum atomic E-state index is 12.0. The highest BCUT2D eigenvalue weighted by Crippen LogP contribution is 2.31. The number of pyridine rings is 1. The highest BCUT2D eigenvalue weighted by atomic mass is 16.5. The molecule has 0 aliphatic carbocycles. The molecule has 0 aliphatic rings. The Bertz CT molecular complexity index is 749. The Morgan fingerprint density at radius 1 is 1.08 bits per heavy atom. The fourth-order valence-corrected chi connectivity index (χ4v) is 3.03.